The van der Waals surface area contributed by atoms with Gasteiger partial charge >= 0.3 is 0 Å². The summed E-state index contributed by atoms with van der Waals surface area (Å²) in [5.41, 5.74) is 0.977. The highest BCUT2D eigenvalue weighted by Crippen LogP contribution is 2.45. The van der Waals surface area contributed by atoms with Gasteiger partial charge in [-0.25, -0.2) is 0 Å². The molecule has 110 valence electrons. The smallest absolute Gasteiger partial charge is 0.184 e. The van der Waals surface area contributed by atoms with Crippen LogP contribution in [0.5, 0.6) is 0 Å². The van der Waals surface area contributed by atoms with Gasteiger partial charge in [-0.05, 0) is 0 Å². The maximum absolute atomic E-state index is 9.20. The highest BCUT2D eigenvalue weighted by molar-refractivity contribution is 5.20. The maximum atomic E-state index is 9.20. The van der Waals surface area contributed by atoms with Crippen LogP contribution in [0.4, 0.5) is 0 Å². The third-order valence-electron chi connectivity index (χ3n) is 4.31. The third kappa shape index (κ3) is 2.01. The van der Waals surface area contributed by atoms with Crippen LogP contribution in [0.3, 0.4) is 0 Å². The molecule has 6 unspecified atom stereocenters. The van der Waals surface area contributed by atoms with Gasteiger partial charge < -0.3 is 18.9 Å². The normalized spacial score (nSPS) is 40.9. The van der Waals surface area contributed by atoms with E-state index in [2.05, 4.69) is 6.19 Å². The predicted molar refractivity (Wildman–Crippen MR) is 70.7 cm³/mol. The van der Waals surface area contributed by atoms with Crippen molar-refractivity contribution in [2.75, 3.05) is 13.7 Å². The zero-order chi connectivity index (χ0) is 14.4. The van der Waals surface area contributed by atoms with Gasteiger partial charge in [0.05, 0.1) is 12.6 Å². The van der Waals surface area contributed by atoms with Crippen molar-refractivity contribution in [3.05, 3.63) is 35.9 Å². The molecule has 3 aliphatic rings. The highest BCUT2D eigenvalue weighted by atomic mass is 16.7. The number of rotatable bonds is 2. The molecule has 0 radical (unpaired) electrons. The van der Waals surface area contributed by atoms with Gasteiger partial charge in [0.25, 0.3) is 0 Å². The van der Waals surface area contributed by atoms with Crippen molar-refractivity contribution < 1.29 is 18.9 Å². The van der Waals surface area contributed by atoms with E-state index in [1.165, 1.54) is 0 Å². The molecule has 1 aromatic rings. The van der Waals surface area contributed by atoms with E-state index in [9.17, 15) is 5.26 Å². The van der Waals surface area contributed by atoms with Gasteiger partial charge in [0.1, 0.15) is 18.2 Å². The molecule has 0 saturated carbocycles. The second-order valence-corrected chi connectivity index (χ2v) is 5.44. The quantitative estimate of drug-likeness (QED) is 0.598. The molecule has 3 heterocycles. The summed E-state index contributed by atoms with van der Waals surface area (Å²) in [6, 6.07) is 9.78. The van der Waals surface area contributed by atoms with E-state index in [4.69, 9.17) is 18.9 Å². The molecule has 6 atom stereocenters. The van der Waals surface area contributed by atoms with E-state index < -0.39 is 12.6 Å². The zero-order valence-corrected chi connectivity index (χ0v) is 11.6. The molecule has 6 heteroatoms. The number of benzene rings is 1. The number of methoxy groups -OCH3 is 1. The summed E-state index contributed by atoms with van der Waals surface area (Å²) in [5, 5.41) is 9.20. The Hall–Kier alpha value is -1.65. The van der Waals surface area contributed by atoms with E-state index in [0.717, 1.165) is 5.56 Å². The molecular weight excluding hydrogens is 272 g/mol. The lowest BCUT2D eigenvalue weighted by Gasteiger charge is -2.39. The van der Waals surface area contributed by atoms with Gasteiger partial charge in [0.15, 0.2) is 18.8 Å². The number of hydrogen-bond donors (Lipinski definition) is 0. The predicted octanol–water partition coefficient (Wildman–Crippen LogP) is 1.01. The summed E-state index contributed by atoms with van der Waals surface area (Å²) in [6.07, 6.45) is 1.02. The Morgan fingerprint density at radius 1 is 1.24 bits per heavy atom. The van der Waals surface area contributed by atoms with Crippen LogP contribution >= 0.6 is 0 Å². The van der Waals surface area contributed by atoms with Crippen molar-refractivity contribution in [3.63, 3.8) is 0 Å². The Kier molecular flexibility index (Phi) is 3.08. The Labute approximate surface area is 122 Å². The minimum absolute atomic E-state index is 0.0220. The summed E-state index contributed by atoms with van der Waals surface area (Å²) in [4.78, 5) is 1.69. The molecular formula is C15H16N2O4. The molecule has 0 aromatic heterocycles. The van der Waals surface area contributed by atoms with E-state index >= 15 is 0 Å². The first kappa shape index (κ1) is 13.0. The Morgan fingerprint density at radius 3 is 2.76 bits per heavy atom. The Bertz CT molecular complexity index is 561. The molecule has 1 aromatic carbocycles. The van der Waals surface area contributed by atoms with Crippen LogP contribution in [-0.2, 0) is 18.9 Å². The summed E-state index contributed by atoms with van der Waals surface area (Å²) < 4.78 is 23.0. The second-order valence-electron chi connectivity index (χ2n) is 5.44. The minimum Gasteiger partial charge on any atom is -0.354 e. The first-order valence-electron chi connectivity index (χ1n) is 7.02. The lowest BCUT2D eigenvalue weighted by atomic mass is 10.0. The number of ether oxygens (including phenoxy) is 4. The van der Waals surface area contributed by atoms with Crippen molar-refractivity contribution in [1.82, 2.24) is 4.90 Å². The molecule has 0 N–H and O–H groups in total. The third-order valence-corrected chi connectivity index (χ3v) is 4.31. The van der Waals surface area contributed by atoms with Crippen molar-refractivity contribution in [2.45, 2.75) is 36.9 Å². The van der Waals surface area contributed by atoms with Crippen molar-refractivity contribution >= 4 is 0 Å². The molecule has 21 heavy (non-hydrogen) atoms. The summed E-state index contributed by atoms with van der Waals surface area (Å²) >= 11 is 0. The van der Waals surface area contributed by atoms with Gasteiger partial charge in [-0.15, -0.1) is 0 Å². The second kappa shape index (κ2) is 4.97. The minimum atomic E-state index is -0.406. The van der Waals surface area contributed by atoms with Crippen LogP contribution in [0.2, 0.25) is 0 Å². The summed E-state index contributed by atoms with van der Waals surface area (Å²) in [7, 11) is 1.59. The van der Waals surface area contributed by atoms with Gasteiger partial charge in [0.2, 0.25) is 0 Å². The molecule has 0 amide bonds. The van der Waals surface area contributed by atoms with E-state index in [1.807, 2.05) is 30.3 Å². The van der Waals surface area contributed by atoms with E-state index in [0.29, 0.717) is 6.61 Å². The van der Waals surface area contributed by atoms with E-state index in [-0.39, 0.29) is 24.3 Å². The standard InChI is InChI=1S/C15H16N2O4/c1-18-15-12-11(17(12)8-16)13-10(20-15)7-19-14(21-13)9-5-3-2-4-6-9/h2-6,10-15H,7H2,1H3. The van der Waals surface area contributed by atoms with Crippen molar-refractivity contribution in [2.24, 2.45) is 0 Å². The van der Waals surface area contributed by atoms with Crippen LogP contribution < -0.4 is 0 Å². The van der Waals surface area contributed by atoms with E-state index in [1.54, 1.807) is 12.0 Å². The van der Waals surface area contributed by atoms with Gasteiger partial charge in [-0.2, -0.15) is 5.26 Å². The molecule has 6 nitrogen and oxygen atoms in total. The lowest BCUT2D eigenvalue weighted by molar-refractivity contribution is -0.304. The fourth-order valence-electron chi connectivity index (χ4n) is 3.24. The molecule has 3 saturated heterocycles. The molecule has 3 fully saturated rings. The van der Waals surface area contributed by atoms with Crippen LogP contribution in [0.1, 0.15) is 11.9 Å². The zero-order valence-electron chi connectivity index (χ0n) is 11.6. The average molecular weight is 288 g/mol. The first-order valence-corrected chi connectivity index (χ1v) is 7.02. The number of hydrogen-bond acceptors (Lipinski definition) is 6. The molecule has 0 bridgehead atoms. The Morgan fingerprint density at radius 2 is 2.05 bits per heavy atom. The fraction of sp³-hybridized carbons (Fsp3) is 0.533. The van der Waals surface area contributed by atoms with Gasteiger partial charge in [-0.1, -0.05) is 30.3 Å². The highest BCUT2D eigenvalue weighted by Gasteiger charge is 2.65. The van der Waals surface area contributed by atoms with Crippen LogP contribution in [0.15, 0.2) is 30.3 Å². The summed E-state index contributed by atoms with van der Waals surface area (Å²) in [5.74, 6) is 0. The Balaban J connectivity index is 1.54. The van der Waals surface area contributed by atoms with Crippen LogP contribution in [0.25, 0.3) is 0 Å². The lowest BCUT2D eigenvalue weighted by Crippen LogP contribution is -2.52. The largest absolute Gasteiger partial charge is 0.354 e. The van der Waals surface area contributed by atoms with Crippen LogP contribution in [-0.4, -0.2) is 49.2 Å². The first-order chi connectivity index (χ1) is 10.3. The topological polar surface area (TPSA) is 63.7 Å². The maximum Gasteiger partial charge on any atom is 0.184 e. The molecule has 4 rings (SSSR count). The van der Waals surface area contributed by atoms with Crippen molar-refractivity contribution in [3.8, 4) is 6.19 Å². The number of nitriles is 1. The number of fused-ring (bicyclic) bond motifs is 3. The molecule has 0 aliphatic carbocycles. The van der Waals surface area contributed by atoms with Gasteiger partial charge in [0, 0.05) is 12.7 Å². The number of nitrogens with zero attached hydrogens (tertiary/aromatic N) is 2. The molecule has 3 aliphatic heterocycles. The average Bonchev–Trinajstić information content (AvgIpc) is 3.29. The fourth-order valence-corrected chi connectivity index (χ4v) is 3.24. The SMILES string of the molecule is COC1OC2COC(c3ccccc3)OC2C2C1N2C#N. The van der Waals surface area contributed by atoms with Crippen LogP contribution in [0, 0.1) is 11.5 Å². The van der Waals surface area contributed by atoms with Crippen molar-refractivity contribution in [1.29, 1.82) is 5.26 Å². The van der Waals surface area contributed by atoms with Gasteiger partial charge in [-0.3, -0.25) is 4.90 Å². The monoisotopic (exact) mass is 288 g/mol. The molecule has 0 spiro atoms. The summed E-state index contributed by atoms with van der Waals surface area (Å²) in [6.45, 7) is 0.437.